The van der Waals surface area contributed by atoms with Gasteiger partial charge in [-0.05, 0) is 66.2 Å². The molecule has 156 valence electrons. The Labute approximate surface area is 183 Å². The Morgan fingerprint density at radius 3 is 2.48 bits per heavy atom. The van der Waals surface area contributed by atoms with Gasteiger partial charge in [0.15, 0.2) is 0 Å². The monoisotopic (exact) mass is 434 g/mol. The number of amides is 1. The van der Waals surface area contributed by atoms with E-state index in [4.69, 9.17) is 9.47 Å². The molecule has 0 aliphatic carbocycles. The van der Waals surface area contributed by atoms with Crippen molar-refractivity contribution in [2.24, 2.45) is 0 Å². The molecule has 1 heterocycles. The van der Waals surface area contributed by atoms with Crippen LogP contribution in [0, 0.1) is 5.82 Å². The Hall–Kier alpha value is -3.71. The Bertz CT molecular complexity index is 1170. The minimum Gasteiger partial charge on any atom is -0.497 e. The van der Waals surface area contributed by atoms with Crippen LogP contribution >= 0.6 is 11.3 Å². The minimum absolute atomic E-state index is 0.275. The fourth-order valence-corrected chi connectivity index (χ4v) is 3.67. The molecule has 1 aromatic heterocycles. The molecule has 5 nitrogen and oxygen atoms in total. The molecule has 0 spiro atoms. The third kappa shape index (κ3) is 5.26. The van der Waals surface area contributed by atoms with Crippen LogP contribution in [0.5, 0.6) is 11.5 Å². The zero-order valence-corrected chi connectivity index (χ0v) is 17.5. The predicted molar refractivity (Wildman–Crippen MR) is 119 cm³/mol. The second-order valence-electron chi connectivity index (χ2n) is 6.66. The number of carbonyl (C=O) groups excluding carboxylic acids is 1. The van der Waals surface area contributed by atoms with E-state index in [1.165, 1.54) is 23.5 Å². The van der Waals surface area contributed by atoms with Crippen molar-refractivity contribution in [3.05, 3.63) is 95.3 Å². The van der Waals surface area contributed by atoms with Crippen LogP contribution in [-0.2, 0) is 6.61 Å². The van der Waals surface area contributed by atoms with Gasteiger partial charge in [0.25, 0.3) is 5.91 Å². The van der Waals surface area contributed by atoms with Crippen molar-refractivity contribution in [1.29, 1.82) is 0 Å². The molecule has 0 unspecified atom stereocenters. The minimum atomic E-state index is -0.285. The summed E-state index contributed by atoms with van der Waals surface area (Å²) in [4.78, 5) is 16.9. The average Bonchev–Trinajstić information content (AvgIpc) is 3.29. The molecule has 7 heteroatoms. The fourth-order valence-electron chi connectivity index (χ4n) is 2.87. The third-order valence-electron chi connectivity index (χ3n) is 4.48. The Morgan fingerprint density at radius 2 is 1.77 bits per heavy atom. The van der Waals surface area contributed by atoms with Crippen LogP contribution in [0.2, 0.25) is 0 Å². The largest absolute Gasteiger partial charge is 0.497 e. The number of hydrogen-bond acceptors (Lipinski definition) is 5. The lowest BCUT2D eigenvalue weighted by atomic mass is 10.2. The van der Waals surface area contributed by atoms with Gasteiger partial charge in [-0.2, -0.15) is 0 Å². The van der Waals surface area contributed by atoms with Gasteiger partial charge in [-0.25, -0.2) is 9.37 Å². The lowest BCUT2D eigenvalue weighted by molar-refractivity contribution is 0.102. The van der Waals surface area contributed by atoms with Crippen LogP contribution in [-0.4, -0.2) is 18.0 Å². The van der Waals surface area contributed by atoms with E-state index >= 15 is 0 Å². The summed E-state index contributed by atoms with van der Waals surface area (Å²) >= 11 is 1.39. The number of anilines is 1. The van der Waals surface area contributed by atoms with E-state index in [1.54, 1.807) is 42.8 Å². The van der Waals surface area contributed by atoms with Crippen LogP contribution < -0.4 is 14.8 Å². The maximum atomic E-state index is 13.3. The van der Waals surface area contributed by atoms with Gasteiger partial charge in [0, 0.05) is 16.6 Å². The summed E-state index contributed by atoms with van der Waals surface area (Å²) in [5.74, 6) is 0.828. The first kappa shape index (κ1) is 20.6. The summed E-state index contributed by atoms with van der Waals surface area (Å²) in [7, 11) is 1.59. The number of methoxy groups -OCH3 is 1. The van der Waals surface area contributed by atoms with Gasteiger partial charge in [0.2, 0.25) is 0 Å². The Balaban J connectivity index is 1.38. The number of hydrogen-bond donors (Lipinski definition) is 1. The van der Waals surface area contributed by atoms with Crippen LogP contribution in [0.25, 0.3) is 10.6 Å². The second kappa shape index (κ2) is 9.40. The normalized spacial score (nSPS) is 10.5. The summed E-state index contributed by atoms with van der Waals surface area (Å²) in [6, 6.07) is 20.8. The smallest absolute Gasteiger partial charge is 0.275 e. The van der Waals surface area contributed by atoms with E-state index in [2.05, 4.69) is 10.3 Å². The van der Waals surface area contributed by atoms with Crippen LogP contribution in [0.15, 0.2) is 78.2 Å². The number of ether oxygens (including phenoxy) is 2. The summed E-state index contributed by atoms with van der Waals surface area (Å²) in [5.41, 5.74) is 2.66. The molecule has 4 rings (SSSR count). The van der Waals surface area contributed by atoms with E-state index in [0.717, 1.165) is 21.9 Å². The molecule has 31 heavy (non-hydrogen) atoms. The highest BCUT2D eigenvalue weighted by atomic mass is 32.1. The van der Waals surface area contributed by atoms with Crippen molar-refractivity contribution in [3.8, 4) is 22.1 Å². The third-order valence-corrected chi connectivity index (χ3v) is 5.37. The van der Waals surface area contributed by atoms with Crippen molar-refractivity contribution in [2.75, 3.05) is 12.4 Å². The van der Waals surface area contributed by atoms with Crippen molar-refractivity contribution < 1.29 is 18.7 Å². The quantitative estimate of drug-likeness (QED) is 0.400. The predicted octanol–water partition coefficient (Wildman–Crippen LogP) is 5.79. The van der Waals surface area contributed by atoms with Gasteiger partial charge in [0.1, 0.15) is 34.6 Å². The van der Waals surface area contributed by atoms with E-state index in [0.29, 0.717) is 17.1 Å². The molecule has 0 atom stereocenters. The van der Waals surface area contributed by atoms with Crippen LogP contribution in [0.1, 0.15) is 16.1 Å². The number of halogens is 1. The average molecular weight is 434 g/mol. The van der Waals surface area contributed by atoms with E-state index in [9.17, 15) is 9.18 Å². The zero-order valence-electron chi connectivity index (χ0n) is 16.7. The standard InChI is InChI=1S/C24H19FN2O3S/c1-29-20-11-7-19(8-12-20)26-23(28)22-15-31-24(27-22)17-5-9-21(10-6-17)30-14-16-3-2-4-18(25)13-16/h2-13,15H,14H2,1H3,(H,26,28). The van der Waals surface area contributed by atoms with Crippen molar-refractivity contribution in [1.82, 2.24) is 4.98 Å². The SMILES string of the molecule is COc1ccc(NC(=O)c2csc(-c3ccc(OCc4cccc(F)c4)cc3)n2)cc1. The number of carbonyl (C=O) groups is 1. The van der Waals surface area contributed by atoms with Gasteiger partial charge in [0.05, 0.1) is 7.11 Å². The van der Waals surface area contributed by atoms with Crippen molar-refractivity contribution in [2.45, 2.75) is 6.61 Å². The lowest BCUT2D eigenvalue weighted by Crippen LogP contribution is -2.12. The molecule has 1 amide bonds. The van der Waals surface area contributed by atoms with Gasteiger partial charge in [-0.3, -0.25) is 4.79 Å². The molecule has 1 N–H and O–H groups in total. The summed E-state index contributed by atoms with van der Waals surface area (Å²) in [6.45, 7) is 0.282. The Morgan fingerprint density at radius 1 is 1.03 bits per heavy atom. The highest BCUT2D eigenvalue weighted by Gasteiger charge is 2.12. The molecule has 0 saturated carbocycles. The first-order chi connectivity index (χ1) is 15.1. The van der Waals surface area contributed by atoms with Gasteiger partial charge < -0.3 is 14.8 Å². The maximum absolute atomic E-state index is 13.3. The van der Waals surface area contributed by atoms with Gasteiger partial charge in [-0.1, -0.05) is 12.1 Å². The summed E-state index contributed by atoms with van der Waals surface area (Å²) < 4.78 is 24.1. The van der Waals surface area contributed by atoms with Gasteiger partial charge in [-0.15, -0.1) is 11.3 Å². The number of thiazole rings is 1. The number of aromatic nitrogens is 1. The number of rotatable bonds is 7. The van der Waals surface area contributed by atoms with Gasteiger partial charge >= 0.3 is 0 Å². The molecule has 0 bridgehead atoms. The summed E-state index contributed by atoms with van der Waals surface area (Å²) in [6.07, 6.45) is 0. The number of nitrogens with zero attached hydrogens (tertiary/aromatic N) is 1. The molecule has 0 saturated heterocycles. The van der Waals surface area contributed by atoms with Crippen LogP contribution in [0.4, 0.5) is 10.1 Å². The first-order valence-corrected chi connectivity index (χ1v) is 10.4. The topological polar surface area (TPSA) is 60.5 Å². The molecule has 0 aliphatic rings. The highest BCUT2D eigenvalue weighted by molar-refractivity contribution is 7.13. The molecular weight excluding hydrogens is 415 g/mol. The Kier molecular flexibility index (Phi) is 6.24. The lowest BCUT2D eigenvalue weighted by Gasteiger charge is -2.07. The maximum Gasteiger partial charge on any atom is 0.275 e. The molecule has 3 aromatic carbocycles. The first-order valence-electron chi connectivity index (χ1n) is 9.49. The second-order valence-corrected chi connectivity index (χ2v) is 7.52. The van der Waals surface area contributed by atoms with Crippen molar-refractivity contribution >= 4 is 22.9 Å². The van der Waals surface area contributed by atoms with E-state index in [1.807, 2.05) is 30.3 Å². The molecule has 0 aliphatic heterocycles. The van der Waals surface area contributed by atoms with Crippen molar-refractivity contribution in [3.63, 3.8) is 0 Å². The summed E-state index contributed by atoms with van der Waals surface area (Å²) in [5, 5.41) is 5.28. The fraction of sp³-hybridized carbons (Fsp3) is 0.0833. The number of nitrogens with one attached hydrogen (secondary N) is 1. The number of benzene rings is 3. The zero-order chi connectivity index (χ0) is 21.6. The highest BCUT2D eigenvalue weighted by Crippen LogP contribution is 2.26. The molecule has 4 aromatic rings. The van der Waals surface area contributed by atoms with Crippen LogP contribution in [0.3, 0.4) is 0 Å². The molecule has 0 fully saturated rings. The molecular formula is C24H19FN2O3S. The molecule has 0 radical (unpaired) electrons. The van der Waals surface area contributed by atoms with E-state index in [-0.39, 0.29) is 18.3 Å². The van der Waals surface area contributed by atoms with E-state index < -0.39 is 0 Å².